The summed E-state index contributed by atoms with van der Waals surface area (Å²) >= 11 is 0. The third-order valence-electron chi connectivity index (χ3n) is 4.96. The summed E-state index contributed by atoms with van der Waals surface area (Å²) in [5, 5.41) is 32.5. The molecule has 11 nitrogen and oxygen atoms in total. The fourth-order valence-corrected chi connectivity index (χ4v) is 3.20. The van der Waals surface area contributed by atoms with E-state index in [0.29, 0.717) is 22.7 Å². The van der Waals surface area contributed by atoms with Gasteiger partial charge in [-0.2, -0.15) is 0 Å². The maximum absolute atomic E-state index is 12.5. The molecule has 3 rings (SSSR count). The maximum Gasteiger partial charge on any atom is 0.303 e. The first-order chi connectivity index (χ1) is 15.7. The lowest BCUT2D eigenvalue weighted by molar-refractivity contribution is -0.141. The minimum atomic E-state index is -1.98. The molecule has 1 aliphatic rings. The second-order valence-electron chi connectivity index (χ2n) is 7.41. The van der Waals surface area contributed by atoms with Gasteiger partial charge in [0.2, 0.25) is 18.6 Å². The monoisotopic (exact) mass is 456 g/mol. The van der Waals surface area contributed by atoms with E-state index in [9.17, 15) is 19.5 Å². The lowest BCUT2D eigenvalue weighted by Crippen LogP contribution is -2.46. The molecule has 33 heavy (non-hydrogen) atoms. The molecular weight excluding hydrogens is 432 g/mol. The van der Waals surface area contributed by atoms with Crippen LogP contribution in [-0.2, 0) is 20.1 Å². The molecule has 0 aliphatic carbocycles. The number of carboxylic acid groups (broad SMARTS) is 1. The van der Waals surface area contributed by atoms with Gasteiger partial charge in [-0.25, -0.2) is 0 Å². The number of ether oxygens (including phenoxy) is 2. The molecule has 11 heteroatoms. The molecule has 2 amide bonds. The molecule has 1 unspecified atom stereocenters. The van der Waals surface area contributed by atoms with Crippen molar-refractivity contribution in [2.75, 3.05) is 12.1 Å². The number of nitrogens with two attached hydrogens (primary N) is 1. The highest BCUT2D eigenvalue weighted by Crippen LogP contribution is 2.36. The molecule has 1 heterocycles. The summed E-state index contributed by atoms with van der Waals surface area (Å²) in [7, 11) is 0. The average molecular weight is 456 g/mol. The van der Waals surface area contributed by atoms with Gasteiger partial charge < -0.3 is 36.1 Å². The number of rotatable bonds is 10. The van der Waals surface area contributed by atoms with Crippen LogP contribution in [0.1, 0.15) is 36.8 Å². The molecule has 0 saturated heterocycles. The topological polar surface area (TPSA) is 184 Å². The van der Waals surface area contributed by atoms with Crippen LogP contribution in [0.3, 0.4) is 0 Å². The van der Waals surface area contributed by atoms with Crippen LogP contribution in [0.15, 0.2) is 42.5 Å². The molecule has 0 fully saturated rings. The van der Waals surface area contributed by atoms with Crippen molar-refractivity contribution >= 4 is 29.3 Å². The van der Waals surface area contributed by atoms with Crippen LogP contribution >= 0.6 is 0 Å². The Labute approximate surface area is 189 Å². The summed E-state index contributed by atoms with van der Waals surface area (Å²) in [6.07, 6.45) is -1.10. The number of aliphatic hydroxyl groups is 1. The van der Waals surface area contributed by atoms with Gasteiger partial charge in [-0.05, 0) is 36.4 Å². The van der Waals surface area contributed by atoms with E-state index in [2.05, 4.69) is 10.6 Å². The summed E-state index contributed by atoms with van der Waals surface area (Å²) in [6.45, 7) is 0.0191. The van der Waals surface area contributed by atoms with Gasteiger partial charge in [0.05, 0.1) is 6.42 Å². The molecule has 0 bridgehead atoms. The summed E-state index contributed by atoms with van der Waals surface area (Å²) in [5.41, 5.74) is 4.63. The van der Waals surface area contributed by atoms with Crippen molar-refractivity contribution in [1.29, 1.82) is 5.41 Å². The highest BCUT2D eigenvalue weighted by Gasteiger charge is 2.33. The van der Waals surface area contributed by atoms with Gasteiger partial charge in [-0.15, -0.1) is 0 Å². The number of nitrogens with one attached hydrogen (secondary N) is 3. The fourth-order valence-electron chi connectivity index (χ4n) is 3.20. The number of carbonyl (C=O) groups is 3. The second-order valence-corrected chi connectivity index (χ2v) is 7.41. The van der Waals surface area contributed by atoms with E-state index < -0.39 is 29.9 Å². The van der Waals surface area contributed by atoms with Crippen LogP contribution in [0.5, 0.6) is 11.5 Å². The van der Waals surface area contributed by atoms with Crippen LogP contribution in [0.25, 0.3) is 0 Å². The summed E-state index contributed by atoms with van der Waals surface area (Å²) in [4.78, 5) is 35.7. The summed E-state index contributed by atoms with van der Waals surface area (Å²) < 4.78 is 10.5. The molecule has 174 valence electrons. The van der Waals surface area contributed by atoms with E-state index in [1.165, 1.54) is 12.1 Å². The van der Waals surface area contributed by atoms with E-state index >= 15 is 0 Å². The normalized spacial score (nSPS) is 13.6. The Morgan fingerprint density at radius 2 is 1.67 bits per heavy atom. The van der Waals surface area contributed by atoms with Gasteiger partial charge >= 0.3 is 5.97 Å². The number of aliphatic carboxylic acids is 1. The number of carboxylic acids is 1. The highest BCUT2D eigenvalue weighted by atomic mass is 16.7. The number of nitrogen functional groups attached to an aromatic ring is 1. The van der Waals surface area contributed by atoms with E-state index in [4.69, 9.17) is 25.7 Å². The van der Waals surface area contributed by atoms with Crippen LogP contribution in [0, 0.1) is 5.41 Å². The van der Waals surface area contributed by atoms with Crippen LogP contribution < -0.4 is 25.8 Å². The van der Waals surface area contributed by atoms with E-state index in [0.717, 1.165) is 0 Å². The van der Waals surface area contributed by atoms with E-state index in [-0.39, 0.29) is 37.5 Å². The first-order valence-electron chi connectivity index (χ1n) is 10.1. The molecule has 2 aromatic carbocycles. The lowest BCUT2D eigenvalue weighted by atomic mass is 9.96. The molecule has 0 aromatic heterocycles. The quantitative estimate of drug-likeness (QED) is 0.175. The van der Waals surface area contributed by atoms with Gasteiger partial charge in [0, 0.05) is 36.1 Å². The summed E-state index contributed by atoms with van der Waals surface area (Å²) in [6, 6.07) is 10.9. The molecular formula is C22H24N4O7. The number of benzene rings is 2. The average Bonchev–Trinajstić information content (AvgIpc) is 3.25. The van der Waals surface area contributed by atoms with Gasteiger partial charge in [0.15, 0.2) is 17.2 Å². The molecule has 1 atom stereocenters. The van der Waals surface area contributed by atoms with Crippen molar-refractivity contribution in [3.8, 4) is 11.5 Å². The molecule has 1 aliphatic heterocycles. The number of hydrogen-bond donors (Lipinski definition) is 6. The van der Waals surface area contributed by atoms with Gasteiger partial charge in [0.25, 0.3) is 0 Å². The van der Waals surface area contributed by atoms with Crippen LogP contribution in [0.4, 0.5) is 5.69 Å². The number of fused-ring (bicyclic) bond motifs is 1. The number of hydrogen-bond acceptors (Lipinski definition) is 7. The van der Waals surface area contributed by atoms with Crippen molar-refractivity contribution in [3.05, 3.63) is 53.6 Å². The van der Waals surface area contributed by atoms with Crippen molar-refractivity contribution in [2.45, 2.75) is 31.4 Å². The lowest BCUT2D eigenvalue weighted by Gasteiger charge is -2.29. The largest absolute Gasteiger partial charge is 0.481 e. The van der Waals surface area contributed by atoms with Gasteiger partial charge in [-0.1, -0.05) is 6.07 Å². The Hall–Kier alpha value is -4.12. The maximum atomic E-state index is 12.5. The van der Waals surface area contributed by atoms with Crippen molar-refractivity contribution in [3.63, 3.8) is 0 Å². The zero-order valence-corrected chi connectivity index (χ0v) is 17.6. The number of carbonyl (C=O) groups excluding carboxylic acids is 2. The number of amides is 2. The molecule has 7 N–H and O–H groups in total. The Morgan fingerprint density at radius 1 is 1.00 bits per heavy atom. The van der Waals surface area contributed by atoms with Crippen molar-refractivity contribution < 1.29 is 34.1 Å². The predicted molar refractivity (Wildman–Crippen MR) is 117 cm³/mol. The molecule has 0 radical (unpaired) electrons. The fraction of sp³-hybridized carbons (Fsp3) is 0.273. The molecule has 2 aromatic rings. The Kier molecular flexibility index (Phi) is 7.13. The zero-order valence-electron chi connectivity index (χ0n) is 17.6. The standard InChI is InChI=1S/C22H24N4O7/c23-21(24)13-1-4-15(5-2-13)25-18(27)7-8-19(28)26-22(31,10-9-20(29)30)14-3-6-16-17(11-14)33-12-32-16/h1-6,11,31H,7-10,12H2,(H3,23,24)(H,25,27)(H,26,28)(H,29,30). The van der Waals surface area contributed by atoms with E-state index in [1.54, 1.807) is 30.3 Å². The zero-order chi connectivity index (χ0) is 24.0. The Balaban J connectivity index is 1.61. The van der Waals surface area contributed by atoms with Crippen LogP contribution in [0.2, 0.25) is 0 Å². The van der Waals surface area contributed by atoms with Crippen molar-refractivity contribution in [2.24, 2.45) is 5.73 Å². The van der Waals surface area contributed by atoms with Crippen LogP contribution in [-0.4, -0.2) is 40.6 Å². The first-order valence-corrected chi connectivity index (χ1v) is 10.1. The Morgan fingerprint density at radius 3 is 2.33 bits per heavy atom. The molecule has 0 spiro atoms. The smallest absolute Gasteiger partial charge is 0.303 e. The third-order valence-corrected chi connectivity index (χ3v) is 4.96. The molecule has 0 saturated carbocycles. The third kappa shape index (κ3) is 6.20. The van der Waals surface area contributed by atoms with Crippen molar-refractivity contribution in [1.82, 2.24) is 5.32 Å². The minimum absolute atomic E-state index is 0.0191. The number of anilines is 1. The second kappa shape index (κ2) is 10.0. The first kappa shape index (κ1) is 23.5. The van der Waals surface area contributed by atoms with Gasteiger partial charge in [0.1, 0.15) is 5.84 Å². The minimum Gasteiger partial charge on any atom is -0.481 e. The summed E-state index contributed by atoms with van der Waals surface area (Å²) in [5.74, 6) is -1.47. The SMILES string of the molecule is N=C(N)c1ccc(NC(=O)CCC(=O)NC(O)(CCC(=O)O)c2ccc3c(c2)OCO3)cc1. The number of amidine groups is 1. The Bertz CT molecular complexity index is 1070. The van der Waals surface area contributed by atoms with Gasteiger partial charge in [-0.3, -0.25) is 19.8 Å². The predicted octanol–water partition coefficient (Wildman–Crippen LogP) is 1.24. The van der Waals surface area contributed by atoms with E-state index in [1.807, 2.05) is 0 Å². The highest BCUT2D eigenvalue weighted by molar-refractivity contribution is 5.96.